The van der Waals surface area contributed by atoms with Gasteiger partial charge in [0.1, 0.15) is 0 Å². The number of carbonyl (C=O) groups is 1. The van der Waals surface area contributed by atoms with E-state index in [9.17, 15) is 4.79 Å². The van der Waals surface area contributed by atoms with Crippen molar-refractivity contribution in [3.05, 3.63) is 0 Å². The molecule has 0 saturated carbocycles. The molecule has 1 aromatic heterocycles. The second-order valence-electron chi connectivity index (χ2n) is 3.79. The average molecular weight is 285 g/mol. The van der Waals surface area contributed by atoms with Crippen molar-refractivity contribution in [2.75, 3.05) is 51.3 Å². The van der Waals surface area contributed by atoms with E-state index in [1.54, 1.807) is 19.1 Å². The molecular weight excluding hydrogens is 266 g/mol. The molecule has 4 N–H and O–H groups in total. The highest BCUT2D eigenvalue weighted by atomic mass is 16.5. The van der Waals surface area contributed by atoms with E-state index in [-0.39, 0.29) is 30.4 Å². The fraction of sp³-hybridized carbons (Fsp3) is 0.600. The van der Waals surface area contributed by atoms with Crippen LogP contribution >= 0.6 is 0 Å². The summed E-state index contributed by atoms with van der Waals surface area (Å²) in [4.78, 5) is 25.1. The largest absolute Gasteiger partial charge is 0.467 e. The van der Waals surface area contributed by atoms with Gasteiger partial charge in [-0.3, -0.25) is 10.2 Å². The average Bonchev–Trinajstić information content (AvgIpc) is 2.46. The Labute approximate surface area is 116 Å². The van der Waals surface area contributed by atoms with E-state index in [1.165, 1.54) is 7.11 Å². The molecule has 0 radical (unpaired) electrons. The highest BCUT2D eigenvalue weighted by Crippen LogP contribution is 2.12. The minimum Gasteiger partial charge on any atom is -0.467 e. The summed E-state index contributed by atoms with van der Waals surface area (Å²) in [5, 5.41) is 2.69. The van der Waals surface area contributed by atoms with Crippen molar-refractivity contribution in [1.29, 1.82) is 0 Å². The Morgan fingerprint density at radius 1 is 1.35 bits per heavy atom. The molecule has 10 heteroatoms. The maximum atomic E-state index is 11.7. The van der Waals surface area contributed by atoms with E-state index in [1.807, 2.05) is 0 Å². The minimum absolute atomic E-state index is 0.0842. The highest BCUT2D eigenvalue weighted by molar-refractivity contribution is 5.80. The minimum atomic E-state index is -0.175. The third kappa shape index (κ3) is 4.82. The number of aromatic nitrogens is 3. The third-order valence-corrected chi connectivity index (χ3v) is 2.27. The quantitative estimate of drug-likeness (QED) is 0.293. The van der Waals surface area contributed by atoms with E-state index in [2.05, 4.69) is 25.7 Å². The van der Waals surface area contributed by atoms with Crippen molar-refractivity contribution in [1.82, 2.24) is 20.3 Å². The molecule has 0 aromatic carbocycles. The first-order valence-corrected chi connectivity index (χ1v) is 5.84. The summed E-state index contributed by atoms with van der Waals surface area (Å²) in [6.07, 6.45) is 0. The molecule has 0 aliphatic heterocycles. The first-order valence-electron chi connectivity index (χ1n) is 5.84. The number of ether oxygens (including phenoxy) is 2. The monoisotopic (exact) mass is 285 g/mol. The molecule has 0 saturated heterocycles. The lowest BCUT2D eigenvalue weighted by Gasteiger charge is -2.17. The van der Waals surface area contributed by atoms with Crippen molar-refractivity contribution >= 4 is 17.8 Å². The van der Waals surface area contributed by atoms with E-state index in [0.29, 0.717) is 13.2 Å². The SMILES string of the molecule is COCCNC(=O)CN(C)c1nc(NN)nc(OC)n1. The van der Waals surface area contributed by atoms with Gasteiger partial charge in [-0.1, -0.05) is 0 Å². The van der Waals surface area contributed by atoms with Crippen LogP contribution in [0.2, 0.25) is 0 Å². The molecule has 0 atom stereocenters. The zero-order valence-electron chi connectivity index (χ0n) is 11.7. The number of likely N-dealkylation sites (N-methyl/N-ethyl adjacent to an activating group) is 1. The van der Waals surface area contributed by atoms with Gasteiger partial charge in [-0.15, -0.1) is 0 Å². The number of rotatable bonds is 8. The lowest BCUT2D eigenvalue weighted by Crippen LogP contribution is -2.37. The van der Waals surface area contributed by atoms with Crippen LogP contribution in [0.1, 0.15) is 0 Å². The third-order valence-electron chi connectivity index (χ3n) is 2.27. The molecule has 10 nitrogen and oxygen atoms in total. The Morgan fingerprint density at radius 3 is 2.70 bits per heavy atom. The maximum absolute atomic E-state index is 11.7. The summed E-state index contributed by atoms with van der Waals surface area (Å²) >= 11 is 0. The molecule has 1 heterocycles. The Kier molecular flexibility index (Phi) is 6.40. The van der Waals surface area contributed by atoms with Gasteiger partial charge in [0.15, 0.2) is 0 Å². The van der Waals surface area contributed by atoms with Gasteiger partial charge in [-0.25, -0.2) is 5.84 Å². The summed E-state index contributed by atoms with van der Waals surface area (Å²) in [5.74, 6) is 5.50. The summed E-state index contributed by atoms with van der Waals surface area (Å²) in [5.41, 5.74) is 2.31. The number of hydrazine groups is 1. The number of nitrogens with two attached hydrogens (primary N) is 1. The molecule has 0 aliphatic rings. The molecule has 112 valence electrons. The molecule has 0 fully saturated rings. The van der Waals surface area contributed by atoms with Crippen LogP contribution in [0.15, 0.2) is 0 Å². The molecule has 1 amide bonds. The Balaban J connectivity index is 2.66. The van der Waals surface area contributed by atoms with Crippen molar-refractivity contribution < 1.29 is 14.3 Å². The summed E-state index contributed by atoms with van der Waals surface area (Å²) < 4.78 is 9.77. The van der Waals surface area contributed by atoms with Gasteiger partial charge in [-0.05, 0) is 0 Å². The van der Waals surface area contributed by atoms with Crippen molar-refractivity contribution in [2.45, 2.75) is 0 Å². The van der Waals surface area contributed by atoms with Gasteiger partial charge >= 0.3 is 6.01 Å². The van der Waals surface area contributed by atoms with Crippen LogP contribution in [-0.4, -0.2) is 61.8 Å². The summed E-state index contributed by atoms with van der Waals surface area (Å²) in [7, 11) is 4.67. The van der Waals surface area contributed by atoms with Crippen molar-refractivity contribution in [3.8, 4) is 6.01 Å². The van der Waals surface area contributed by atoms with Crippen LogP contribution in [0, 0.1) is 0 Å². The van der Waals surface area contributed by atoms with Crippen LogP contribution in [-0.2, 0) is 9.53 Å². The van der Waals surface area contributed by atoms with E-state index in [4.69, 9.17) is 15.3 Å². The maximum Gasteiger partial charge on any atom is 0.322 e. The van der Waals surface area contributed by atoms with Gasteiger partial charge < -0.3 is 19.7 Å². The standard InChI is InChI=1S/C10H19N7O3/c1-17(6-7(18)12-4-5-19-2)9-13-8(16-11)14-10(15-9)20-3/h4-6,11H2,1-3H3,(H,12,18)(H,13,14,15,16). The molecule has 0 spiro atoms. The number of carbonyl (C=O) groups excluding carboxylic acids is 1. The Morgan fingerprint density at radius 2 is 2.10 bits per heavy atom. The molecule has 1 aromatic rings. The normalized spacial score (nSPS) is 10.0. The van der Waals surface area contributed by atoms with Crippen LogP contribution in [0.3, 0.4) is 0 Å². The second kappa shape index (κ2) is 8.07. The predicted octanol–water partition coefficient (Wildman–Crippen LogP) is -1.64. The van der Waals surface area contributed by atoms with Crippen molar-refractivity contribution in [2.24, 2.45) is 5.84 Å². The molecule has 0 unspecified atom stereocenters. The first-order chi connectivity index (χ1) is 9.60. The number of hydrogen-bond acceptors (Lipinski definition) is 9. The zero-order valence-corrected chi connectivity index (χ0v) is 11.7. The topological polar surface area (TPSA) is 128 Å². The van der Waals surface area contributed by atoms with Gasteiger partial charge in [0.05, 0.1) is 20.3 Å². The smallest absolute Gasteiger partial charge is 0.322 e. The zero-order chi connectivity index (χ0) is 15.0. The highest BCUT2D eigenvalue weighted by Gasteiger charge is 2.13. The Hall–Kier alpha value is -2.20. The van der Waals surface area contributed by atoms with E-state index in [0.717, 1.165) is 0 Å². The number of nitrogens with one attached hydrogen (secondary N) is 2. The van der Waals surface area contributed by atoms with E-state index < -0.39 is 0 Å². The lowest BCUT2D eigenvalue weighted by molar-refractivity contribution is -0.119. The van der Waals surface area contributed by atoms with Crippen molar-refractivity contribution in [3.63, 3.8) is 0 Å². The van der Waals surface area contributed by atoms with Gasteiger partial charge in [0.25, 0.3) is 0 Å². The fourth-order valence-corrected chi connectivity index (χ4v) is 1.31. The summed E-state index contributed by atoms with van der Waals surface area (Å²) in [6, 6.07) is 0.106. The van der Waals surface area contributed by atoms with Crippen LogP contribution < -0.4 is 26.2 Å². The number of hydrogen-bond donors (Lipinski definition) is 3. The molecular formula is C10H19N7O3. The van der Waals surface area contributed by atoms with Gasteiger partial charge in [0, 0.05) is 20.7 Å². The lowest BCUT2D eigenvalue weighted by atomic mass is 10.5. The van der Waals surface area contributed by atoms with Gasteiger partial charge in [-0.2, -0.15) is 15.0 Å². The fourth-order valence-electron chi connectivity index (χ4n) is 1.31. The number of anilines is 2. The molecule has 0 aliphatic carbocycles. The van der Waals surface area contributed by atoms with Crippen LogP contribution in [0.5, 0.6) is 6.01 Å². The Bertz CT molecular complexity index is 421. The first kappa shape index (κ1) is 15.9. The number of nitrogens with zero attached hydrogens (tertiary/aromatic N) is 4. The van der Waals surface area contributed by atoms with Gasteiger partial charge in [0.2, 0.25) is 17.8 Å². The van der Waals surface area contributed by atoms with E-state index >= 15 is 0 Å². The van der Waals surface area contributed by atoms with Crippen LogP contribution in [0.25, 0.3) is 0 Å². The molecule has 0 bridgehead atoms. The summed E-state index contributed by atoms with van der Waals surface area (Å²) in [6.45, 7) is 0.983. The predicted molar refractivity (Wildman–Crippen MR) is 72.3 cm³/mol. The molecule has 1 rings (SSSR count). The number of nitrogen functional groups attached to an aromatic ring is 1. The second-order valence-corrected chi connectivity index (χ2v) is 3.79. The number of amides is 1. The number of methoxy groups -OCH3 is 2. The molecule has 20 heavy (non-hydrogen) atoms. The van der Waals surface area contributed by atoms with Crippen LogP contribution in [0.4, 0.5) is 11.9 Å².